The first kappa shape index (κ1) is 19.9. The second kappa shape index (κ2) is 7.63. The number of fused-ring (bicyclic) bond motifs is 1. The van der Waals surface area contributed by atoms with Crippen molar-refractivity contribution in [3.05, 3.63) is 29.8 Å². The van der Waals surface area contributed by atoms with Crippen LogP contribution in [0.15, 0.2) is 29.3 Å². The third-order valence-corrected chi connectivity index (χ3v) is 7.89. The quantitative estimate of drug-likeness (QED) is 0.794. The summed E-state index contributed by atoms with van der Waals surface area (Å²) in [6, 6.07) is 7.55. The molecule has 2 saturated heterocycles. The number of anilines is 1. The smallest absolute Gasteiger partial charge is 0.303 e. The molecule has 2 aliphatic heterocycles. The number of rotatable bonds is 5. The Morgan fingerprint density at radius 2 is 1.89 bits per heavy atom. The number of amidine groups is 1. The number of aliphatic imine (C=N–C) groups is 1. The zero-order chi connectivity index (χ0) is 19.8. The van der Waals surface area contributed by atoms with Crippen molar-refractivity contribution in [1.82, 2.24) is 0 Å². The lowest BCUT2D eigenvalue weighted by Crippen LogP contribution is -2.37. The van der Waals surface area contributed by atoms with Crippen molar-refractivity contribution in [2.24, 2.45) is 4.99 Å². The molecule has 2 atom stereocenters. The van der Waals surface area contributed by atoms with Crippen LogP contribution < -0.4 is 4.90 Å². The minimum Gasteiger partial charge on any atom is -0.481 e. The van der Waals surface area contributed by atoms with Gasteiger partial charge in [0.25, 0.3) is 0 Å². The zero-order valence-electron chi connectivity index (χ0n) is 15.2. The van der Waals surface area contributed by atoms with E-state index in [9.17, 15) is 18.0 Å². The molecule has 27 heavy (non-hydrogen) atoms. The van der Waals surface area contributed by atoms with E-state index >= 15 is 0 Å². The second-order valence-electron chi connectivity index (χ2n) is 7.10. The minimum absolute atomic E-state index is 0.0267. The molecule has 1 aromatic carbocycles. The molecule has 2 heterocycles. The average molecular weight is 411 g/mol. The Balaban J connectivity index is 1.90. The average Bonchev–Trinajstić information content (AvgIpc) is 3.03. The van der Waals surface area contributed by atoms with E-state index in [1.165, 1.54) is 11.8 Å². The Morgan fingerprint density at radius 1 is 1.22 bits per heavy atom. The number of carboxylic acid groups (broad SMARTS) is 1. The maximum atomic E-state index is 12.1. The van der Waals surface area contributed by atoms with Gasteiger partial charge in [-0.25, -0.2) is 8.42 Å². The third-order valence-electron chi connectivity index (χ3n) is 4.68. The van der Waals surface area contributed by atoms with Crippen molar-refractivity contribution in [3.63, 3.8) is 0 Å². The molecule has 7 nitrogen and oxygen atoms in total. The minimum atomic E-state index is -3.12. The largest absolute Gasteiger partial charge is 0.481 e. The summed E-state index contributed by atoms with van der Waals surface area (Å²) in [7, 11) is -3.12. The number of amides is 1. The van der Waals surface area contributed by atoms with E-state index in [1.54, 1.807) is 0 Å². The van der Waals surface area contributed by atoms with E-state index in [0.717, 1.165) is 11.3 Å². The highest BCUT2D eigenvalue weighted by Gasteiger charge is 2.49. The number of carboxylic acids is 1. The molecule has 0 radical (unpaired) electrons. The summed E-state index contributed by atoms with van der Waals surface area (Å²) in [6.45, 7) is 4.18. The van der Waals surface area contributed by atoms with Crippen molar-refractivity contribution in [3.8, 4) is 0 Å². The zero-order valence-corrected chi connectivity index (χ0v) is 16.8. The number of carbonyl (C=O) groups is 2. The van der Waals surface area contributed by atoms with Gasteiger partial charge in [-0.05, 0) is 23.6 Å². The molecular formula is C18H22N2O5S2. The number of carbonyl (C=O) groups excluding carboxylic acids is 1. The van der Waals surface area contributed by atoms with E-state index in [2.05, 4.69) is 18.8 Å². The van der Waals surface area contributed by atoms with Crippen LogP contribution in [0, 0.1) is 0 Å². The number of hydrogen-bond acceptors (Lipinski definition) is 5. The monoisotopic (exact) mass is 410 g/mol. The summed E-state index contributed by atoms with van der Waals surface area (Å²) in [6.07, 6.45) is -0.447. The molecule has 2 aliphatic rings. The van der Waals surface area contributed by atoms with Gasteiger partial charge in [-0.2, -0.15) is 4.99 Å². The first-order valence-corrected chi connectivity index (χ1v) is 11.5. The van der Waals surface area contributed by atoms with Crippen LogP contribution in [0.4, 0.5) is 5.69 Å². The van der Waals surface area contributed by atoms with Gasteiger partial charge in [-0.15, -0.1) is 0 Å². The van der Waals surface area contributed by atoms with Crippen molar-refractivity contribution >= 4 is 44.3 Å². The first-order valence-electron chi connectivity index (χ1n) is 8.76. The molecule has 9 heteroatoms. The topological polar surface area (TPSA) is 104 Å². The van der Waals surface area contributed by atoms with E-state index < -0.39 is 21.7 Å². The molecular weight excluding hydrogens is 388 g/mol. The molecule has 0 aliphatic carbocycles. The van der Waals surface area contributed by atoms with E-state index in [4.69, 9.17) is 5.11 Å². The fourth-order valence-corrected chi connectivity index (χ4v) is 7.19. The van der Waals surface area contributed by atoms with Gasteiger partial charge in [-0.1, -0.05) is 37.7 Å². The van der Waals surface area contributed by atoms with Gasteiger partial charge < -0.3 is 10.0 Å². The van der Waals surface area contributed by atoms with Crippen LogP contribution in [0.5, 0.6) is 0 Å². The molecule has 146 valence electrons. The number of benzene rings is 1. The highest BCUT2D eigenvalue weighted by Crippen LogP contribution is 2.41. The summed E-state index contributed by atoms with van der Waals surface area (Å²) in [5.74, 6) is -1.10. The summed E-state index contributed by atoms with van der Waals surface area (Å²) in [4.78, 5) is 28.6. The molecule has 3 rings (SSSR count). The highest BCUT2D eigenvalue weighted by molar-refractivity contribution is 8.16. The molecule has 0 saturated carbocycles. The van der Waals surface area contributed by atoms with Crippen LogP contribution in [-0.2, 0) is 19.4 Å². The Morgan fingerprint density at radius 3 is 2.48 bits per heavy atom. The fraction of sp³-hybridized carbons (Fsp3) is 0.500. The predicted molar refractivity (Wildman–Crippen MR) is 106 cm³/mol. The Labute approximate surface area is 162 Å². The van der Waals surface area contributed by atoms with Gasteiger partial charge in [0, 0.05) is 17.4 Å². The lowest BCUT2D eigenvalue weighted by atomic mass is 10.0. The van der Waals surface area contributed by atoms with Crippen LogP contribution in [0.1, 0.15) is 38.2 Å². The Hall–Kier alpha value is -1.87. The number of thioether (sulfide) groups is 1. The SMILES string of the molecule is CC(C)c1ccc(N2C(=NC(=O)CCC(=O)O)S[C@@H]3CS(=O)(=O)C[C@@H]32)cc1. The molecule has 0 bridgehead atoms. The van der Waals surface area contributed by atoms with Crippen LogP contribution in [0.3, 0.4) is 0 Å². The number of hydrogen-bond donors (Lipinski definition) is 1. The number of sulfone groups is 1. The van der Waals surface area contributed by atoms with Gasteiger partial charge in [0.1, 0.15) is 0 Å². The van der Waals surface area contributed by atoms with Gasteiger partial charge in [0.2, 0.25) is 5.91 Å². The van der Waals surface area contributed by atoms with Gasteiger partial charge in [-0.3, -0.25) is 9.59 Å². The van der Waals surface area contributed by atoms with E-state index in [0.29, 0.717) is 11.1 Å². The summed E-state index contributed by atoms with van der Waals surface area (Å²) >= 11 is 1.29. The van der Waals surface area contributed by atoms with Crippen LogP contribution in [0.25, 0.3) is 0 Å². The van der Waals surface area contributed by atoms with Gasteiger partial charge in [0.05, 0.1) is 24.0 Å². The lowest BCUT2D eigenvalue weighted by molar-refractivity contribution is -0.138. The van der Waals surface area contributed by atoms with E-state index in [-0.39, 0.29) is 35.6 Å². The molecule has 2 fully saturated rings. The van der Waals surface area contributed by atoms with Crippen LogP contribution in [-0.4, -0.2) is 53.4 Å². The second-order valence-corrected chi connectivity index (χ2v) is 10.5. The molecule has 0 spiro atoms. The van der Waals surface area contributed by atoms with Gasteiger partial charge in [0.15, 0.2) is 15.0 Å². The third kappa shape index (κ3) is 4.52. The molecule has 1 amide bonds. The summed E-state index contributed by atoms with van der Waals surface area (Å²) in [5.41, 5.74) is 1.96. The Bertz CT molecular complexity index is 878. The molecule has 0 aromatic heterocycles. The van der Waals surface area contributed by atoms with Crippen molar-refractivity contribution in [2.75, 3.05) is 16.4 Å². The summed E-state index contributed by atoms with van der Waals surface area (Å²) < 4.78 is 24.1. The maximum Gasteiger partial charge on any atom is 0.303 e. The molecule has 0 unspecified atom stereocenters. The lowest BCUT2D eigenvalue weighted by Gasteiger charge is -2.25. The van der Waals surface area contributed by atoms with Crippen molar-refractivity contribution < 1.29 is 23.1 Å². The first-order chi connectivity index (χ1) is 12.7. The number of nitrogens with zero attached hydrogens (tertiary/aromatic N) is 2. The maximum absolute atomic E-state index is 12.1. The molecule has 1 N–H and O–H groups in total. The van der Waals surface area contributed by atoms with Crippen molar-refractivity contribution in [2.45, 2.75) is 43.9 Å². The highest BCUT2D eigenvalue weighted by atomic mass is 32.2. The fourth-order valence-electron chi connectivity index (χ4n) is 3.26. The molecule has 1 aromatic rings. The normalized spacial score (nSPS) is 25.1. The Kier molecular flexibility index (Phi) is 5.62. The van der Waals surface area contributed by atoms with Crippen LogP contribution >= 0.6 is 11.8 Å². The standard InChI is InChI=1S/C18H22N2O5S2/c1-11(2)12-3-5-13(6-4-12)20-14-9-27(24,25)10-15(14)26-18(20)19-16(21)7-8-17(22)23/h3-6,11,14-15H,7-10H2,1-2H3,(H,22,23)/t14-,15+/m0/s1. The predicted octanol–water partition coefficient (Wildman–Crippen LogP) is 2.28. The van der Waals surface area contributed by atoms with Crippen molar-refractivity contribution in [1.29, 1.82) is 0 Å². The summed E-state index contributed by atoms with van der Waals surface area (Å²) in [5, 5.41) is 9.01. The van der Waals surface area contributed by atoms with Gasteiger partial charge >= 0.3 is 5.97 Å². The van der Waals surface area contributed by atoms with Crippen LogP contribution in [0.2, 0.25) is 0 Å². The number of aliphatic carboxylic acids is 1. The van der Waals surface area contributed by atoms with E-state index in [1.807, 2.05) is 29.2 Å².